The zero-order chi connectivity index (χ0) is 17.4. The third-order valence-corrected chi connectivity index (χ3v) is 3.96. The molecule has 0 saturated carbocycles. The van der Waals surface area contributed by atoms with Gasteiger partial charge in [-0.1, -0.05) is 30.3 Å². The molecule has 0 radical (unpaired) electrons. The lowest BCUT2D eigenvalue weighted by Gasteiger charge is -2.11. The molecule has 4 rings (SSSR count). The summed E-state index contributed by atoms with van der Waals surface area (Å²) in [5, 5.41) is 4.89. The molecule has 2 aromatic heterocycles. The fraction of sp³-hybridized carbons (Fsp3) is 0.0556. The summed E-state index contributed by atoms with van der Waals surface area (Å²) in [6.45, 7) is 0. The number of carbonyl (C=O) groups is 1. The number of carbonyl (C=O) groups excluding carboxylic acids is 1. The molecular formula is C18H14N4O3. The van der Waals surface area contributed by atoms with Gasteiger partial charge in [0.15, 0.2) is 5.75 Å². The van der Waals surface area contributed by atoms with Crippen molar-refractivity contribution in [2.45, 2.75) is 0 Å². The Morgan fingerprint density at radius 1 is 1.16 bits per heavy atom. The van der Waals surface area contributed by atoms with E-state index in [2.05, 4.69) is 10.1 Å². The molecular weight excluding hydrogens is 320 g/mol. The minimum absolute atomic E-state index is 0.00295. The van der Waals surface area contributed by atoms with E-state index in [1.807, 2.05) is 36.4 Å². The number of hydrogen-bond donors (Lipinski definition) is 1. The monoisotopic (exact) mass is 334 g/mol. The summed E-state index contributed by atoms with van der Waals surface area (Å²) in [5.41, 5.74) is 8.52. The second kappa shape index (κ2) is 5.79. The first-order valence-corrected chi connectivity index (χ1v) is 7.54. The molecule has 0 fully saturated rings. The quantitative estimate of drug-likeness (QED) is 0.619. The second-order valence-corrected chi connectivity index (χ2v) is 5.36. The largest absolute Gasteiger partial charge is 0.492 e. The first kappa shape index (κ1) is 14.9. The lowest BCUT2D eigenvalue weighted by Crippen LogP contribution is -2.10. The van der Waals surface area contributed by atoms with Crippen LogP contribution in [0, 0.1) is 0 Å². The summed E-state index contributed by atoms with van der Waals surface area (Å²) in [6, 6.07) is 13.3. The van der Waals surface area contributed by atoms with Crippen molar-refractivity contribution in [1.82, 2.24) is 14.8 Å². The van der Waals surface area contributed by atoms with Crippen LogP contribution in [-0.2, 0) is 0 Å². The van der Waals surface area contributed by atoms with Gasteiger partial charge in [0, 0.05) is 5.56 Å². The minimum atomic E-state index is -0.677. The molecule has 0 aliphatic carbocycles. The van der Waals surface area contributed by atoms with E-state index in [9.17, 15) is 4.79 Å². The maximum Gasteiger partial charge on any atom is 0.288 e. The molecule has 0 saturated heterocycles. The van der Waals surface area contributed by atoms with Gasteiger partial charge in [-0.3, -0.25) is 4.79 Å². The highest BCUT2D eigenvalue weighted by molar-refractivity contribution is 6.07. The van der Waals surface area contributed by atoms with Crippen LogP contribution in [0.3, 0.4) is 0 Å². The molecule has 0 spiro atoms. The van der Waals surface area contributed by atoms with E-state index in [0.29, 0.717) is 16.7 Å². The van der Waals surface area contributed by atoms with E-state index in [4.69, 9.17) is 14.9 Å². The summed E-state index contributed by atoms with van der Waals surface area (Å²) in [6.07, 6.45) is 3.10. The number of nitrogens with zero attached hydrogens (tertiary/aromatic N) is 3. The van der Waals surface area contributed by atoms with Crippen molar-refractivity contribution < 1.29 is 13.9 Å². The van der Waals surface area contributed by atoms with Gasteiger partial charge in [0.25, 0.3) is 5.91 Å². The van der Waals surface area contributed by atoms with Crippen LogP contribution in [0.25, 0.3) is 27.8 Å². The number of hydrogen-bond acceptors (Lipinski definition) is 5. The Bertz CT molecular complexity index is 1070. The van der Waals surface area contributed by atoms with Crippen molar-refractivity contribution in [3.8, 4) is 22.6 Å². The third kappa shape index (κ3) is 2.33. The highest BCUT2D eigenvalue weighted by Gasteiger charge is 2.23. The van der Waals surface area contributed by atoms with Crippen LogP contribution in [0.4, 0.5) is 0 Å². The Balaban J connectivity index is 2.05. The lowest BCUT2D eigenvalue weighted by atomic mass is 9.99. The molecule has 124 valence electrons. The molecule has 1 amide bonds. The van der Waals surface area contributed by atoms with Gasteiger partial charge in [-0.05, 0) is 17.7 Å². The molecule has 25 heavy (non-hydrogen) atoms. The molecule has 2 heterocycles. The Labute approximate surface area is 142 Å². The Morgan fingerprint density at radius 3 is 2.68 bits per heavy atom. The summed E-state index contributed by atoms with van der Waals surface area (Å²) < 4.78 is 12.7. The van der Waals surface area contributed by atoms with Crippen molar-refractivity contribution in [2.75, 3.05) is 7.11 Å². The molecule has 0 unspecified atom stereocenters. The molecule has 4 aromatic rings. The molecule has 0 atom stereocenters. The first-order chi connectivity index (χ1) is 12.2. The van der Waals surface area contributed by atoms with Crippen LogP contribution in [0.5, 0.6) is 5.75 Å². The van der Waals surface area contributed by atoms with Crippen LogP contribution in [0.1, 0.15) is 10.6 Å². The van der Waals surface area contributed by atoms with Crippen molar-refractivity contribution in [1.29, 1.82) is 0 Å². The number of primary amides is 1. The predicted octanol–water partition coefficient (Wildman–Crippen LogP) is 2.79. The van der Waals surface area contributed by atoms with Gasteiger partial charge in [0.1, 0.15) is 18.2 Å². The predicted molar refractivity (Wildman–Crippen MR) is 91.6 cm³/mol. The van der Waals surface area contributed by atoms with E-state index in [1.54, 1.807) is 17.1 Å². The Hall–Kier alpha value is -3.61. The maximum atomic E-state index is 11.7. The average Bonchev–Trinajstić information content (AvgIpc) is 3.29. The Morgan fingerprint density at radius 2 is 1.96 bits per heavy atom. The third-order valence-electron chi connectivity index (χ3n) is 3.96. The fourth-order valence-electron chi connectivity index (χ4n) is 2.94. The van der Waals surface area contributed by atoms with Gasteiger partial charge in [-0.15, -0.1) is 0 Å². The zero-order valence-electron chi connectivity index (χ0n) is 13.3. The SMILES string of the molecule is COc1c(C(N)=O)oc2cccc(-c3ccccc3-n3cncn3)c12. The van der Waals surface area contributed by atoms with Crippen LogP contribution >= 0.6 is 0 Å². The highest BCUT2D eigenvalue weighted by Crippen LogP contribution is 2.41. The molecule has 7 nitrogen and oxygen atoms in total. The molecule has 0 bridgehead atoms. The van der Waals surface area contributed by atoms with Gasteiger partial charge >= 0.3 is 0 Å². The normalized spacial score (nSPS) is 10.9. The van der Waals surface area contributed by atoms with Gasteiger partial charge in [0.2, 0.25) is 5.76 Å². The summed E-state index contributed by atoms with van der Waals surface area (Å²) >= 11 is 0. The van der Waals surface area contributed by atoms with Crippen LogP contribution in [-0.4, -0.2) is 27.8 Å². The van der Waals surface area contributed by atoms with Crippen LogP contribution in [0.15, 0.2) is 59.5 Å². The average molecular weight is 334 g/mol. The van der Waals surface area contributed by atoms with E-state index < -0.39 is 5.91 Å². The number of para-hydroxylation sites is 1. The number of furan rings is 1. The second-order valence-electron chi connectivity index (χ2n) is 5.36. The van der Waals surface area contributed by atoms with Gasteiger partial charge in [0.05, 0.1) is 18.2 Å². The van der Waals surface area contributed by atoms with E-state index in [0.717, 1.165) is 16.8 Å². The maximum absolute atomic E-state index is 11.7. The van der Waals surface area contributed by atoms with Crippen LogP contribution < -0.4 is 10.5 Å². The van der Waals surface area contributed by atoms with Crippen molar-refractivity contribution in [2.24, 2.45) is 5.73 Å². The van der Waals surface area contributed by atoms with Crippen LogP contribution in [0.2, 0.25) is 0 Å². The van der Waals surface area contributed by atoms with Gasteiger partial charge < -0.3 is 14.9 Å². The smallest absolute Gasteiger partial charge is 0.288 e. The molecule has 0 aliphatic rings. The minimum Gasteiger partial charge on any atom is -0.492 e. The Kier molecular flexibility index (Phi) is 3.46. The summed E-state index contributed by atoms with van der Waals surface area (Å²) in [7, 11) is 1.48. The fourth-order valence-corrected chi connectivity index (χ4v) is 2.94. The van der Waals surface area contributed by atoms with Gasteiger partial charge in [-0.25, -0.2) is 9.67 Å². The van der Waals surface area contributed by atoms with Crippen molar-refractivity contribution in [3.05, 3.63) is 60.9 Å². The zero-order valence-corrected chi connectivity index (χ0v) is 13.3. The number of ether oxygens (including phenoxy) is 1. The standard InChI is InChI=1S/C18H14N4O3/c1-24-16-15-12(6-4-8-14(15)25-17(16)18(19)23)11-5-2-3-7-13(11)22-10-20-9-21-22/h2-10H,1H3,(H2,19,23). The highest BCUT2D eigenvalue weighted by atomic mass is 16.5. The topological polar surface area (TPSA) is 96.2 Å². The van der Waals surface area contributed by atoms with Crippen molar-refractivity contribution >= 4 is 16.9 Å². The number of amides is 1. The number of methoxy groups -OCH3 is 1. The molecule has 2 aromatic carbocycles. The number of rotatable bonds is 4. The van der Waals surface area contributed by atoms with E-state index >= 15 is 0 Å². The summed E-state index contributed by atoms with van der Waals surface area (Å²) in [4.78, 5) is 15.7. The number of fused-ring (bicyclic) bond motifs is 1. The van der Waals surface area contributed by atoms with E-state index in [-0.39, 0.29) is 5.76 Å². The first-order valence-electron chi connectivity index (χ1n) is 7.54. The van der Waals surface area contributed by atoms with Gasteiger partial charge in [-0.2, -0.15) is 5.10 Å². The van der Waals surface area contributed by atoms with E-state index in [1.165, 1.54) is 13.4 Å². The number of benzene rings is 2. The molecule has 2 N–H and O–H groups in total. The molecule has 0 aliphatic heterocycles. The van der Waals surface area contributed by atoms with Crippen molar-refractivity contribution in [3.63, 3.8) is 0 Å². The lowest BCUT2D eigenvalue weighted by molar-refractivity contribution is 0.0972. The summed E-state index contributed by atoms with van der Waals surface area (Å²) in [5.74, 6) is -0.349. The molecule has 7 heteroatoms. The number of aromatic nitrogens is 3. The number of nitrogens with two attached hydrogens (primary N) is 1.